The van der Waals surface area contributed by atoms with Crippen LogP contribution >= 0.6 is 11.6 Å². The van der Waals surface area contributed by atoms with E-state index in [1.165, 1.54) is 37.7 Å². The highest BCUT2D eigenvalue weighted by Gasteiger charge is 2.20. The predicted molar refractivity (Wildman–Crippen MR) is 81.6 cm³/mol. The summed E-state index contributed by atoms with van der Waals surface area (Å²) in [6.07, 6.45) is 8.11. The van der Waals surface area contributed by atoms with Gasteiger partial charge in [-0.15, -0.1) is 0 Å². The van der Waals surface area contributed by atoms with Crippen LogP contribution in [-0.2, 0) is 0 Å². The molecule has 1 aromatic heterocycles. The molecule has 0 spiro atoms. The fourth-order valence-corrected chi connectivity index (χ4v) is 3.05. The molecule has 20 heavy (non-hydrogen) atoms. The number of nitrogens with zero attached hydrogens (tertiary/aromatic N) is 1. The molecule has 0 saturated heterocycles. The molecule has 0 radical (unpaired) electrons. The standard InChI is InChI=1S/C17H18ClNO/c18-14-9-10-16(20-17-8-4-5-11-19-17)15(12-14)13-6-2-1-3-7-13/h4-5,8-13H,1-3,6-7H2. The van der Waals surface area contributed by atoms with Gasteiger partial charge in [-0.3, -0.25) is 0 Å². The number of aromatic nitrogens is 1. The van der Waals surface area contributed by atoms with E-state index >= 15 is 0 Å². The molecule has 1 saturated carbocycles. The SMILES string of the molecule is Clc1ccc(Oc2ccccn2)c(C2CCCCC2)c1. The van der Waals surface area contributed by atoms with Crippen molar-refractivity contribution < 1.29 is 4.74 Å². The average molecular weight is 288 g/mol. The summed E-state index contributed by atoms with van der Waals surface area (Å²) in [6, 6.07) is 11.6. The van der Waals surface area contributed by atoms with Gasteiger partial charge >= 0.3 is 0 Å². The first-order chi connectivity index (χ1) is 9.83. The molecule has 0 amide bonds. The molecule has 1 heterocycles. The molecule has 1 aliphatic carbocycles. The fourth-order valence-electron chi connectivity index (χ4n) is 2.87. The van der Waals surface area contributed by atoms with Gasteiger partial charge < -0.3 is 4.74 Å². The number of ether oxygens (including phenoxy) is 1. The summed E-state index contributed by atoms with van der Waals surface area (Å²) in [7, 11) is 0. The minimum absolute atomic E-state index is 0.557. The smallest absolute Gasteiger partial charge is 0.219 e. The van der Waals surface area contributed by atoms with Crippen LogP contribution in [0.2, 0.25) is 5.02 Å². The molecule has 1 fully saturated rings. The zero-order valence-corrected chi connectivity index (χ0v) is 12.1. The van der Waals surface area contributed by atoms with Crippen molar-refractivity contribution in [2.24, 2.45) is 0 Å². The summed E-state index contributed by atoms with van der Waals surface area (Å²) < 4.78 is 5.95. The van der Waals surface area contributed by atoms with Gasteiger partial charge in [-0.1, -0.05) is 36.9 Å². The van der Waals surface area contributed by atoms with Crippen LogP contribution in [0.15, 0.2) is 42.6 Å². The van der Waals surface area contributed by atoms with E-state index < -0.39 is 0 Å². The van der Waals surface area contributed by atoms with Crippen LogP contribution in [0.4, 0.5) is 0 Å². The normalized spacial score (nSPS) is 16.1. The Morgan fingerprint density at radius 1 is 1.05 bits per heavy atom. The van der Waals surface area contributed by atoms with Crippen molar-refractivity contribution in [3.05, 3.63) is 53.2 Å². The van der Waals surface area contributed by atoms with Gasteiger partial charge in [-0.05, 0) is 48.6 Å². The molecule has 1 aliphatic rings. The largest absolute Gasteiger partial charge is 0.439 e. The lowest BCUT2D eigenvalue weighted by atomic mass is 9.84. The Labute approximate surface area is 124 Å². The van der Waals surface area contributed by atoms with Crippen LogP contribution in [0.1, 0.15) is 43.6 Å². The summed E-state index contributed by atoms with van der Waals surface area (Å²) in [4.78, 5) is 4.23. The van der Waals surface area contributed by atoms with E-state index in [0.717, 1.165) is 10.8 Å². The predicted octanol–water partition coefficient (Wildman–Crippen LogP) is 5.58. The number of hydrogen-bond acceptors (Lipinski definition) is 2. The zero-order valence-electron chi connectivity index (χ0n) is 11.4. The highest BCUT2D eigenvalue weighted by molar-refractivity contribution is 6.30. The summed E-state index contributed by atoms with van der Waals surface area (Å²) in [5.41, 5.74) is 1.22. The molecule has 2 nitrogen and oxygen atoms in total. The molecule has 1 aromatic carbocycles. The Kier molecular flexibility index (Phi) is 4.22. The van der Waals surface area contributed by atoms with E-state index in [1.54, 1.807) is 6.20 Å². The topological polar surface area (TPSA) is 22.1 Å². The quantitative estimate of drug-likeness (QED) is 0.735. The third-order valence-electron chi connectivity index (χ3n) is 3.87. The molecule has 0 atom stereocenters. The molecule has 3 heteroatoms. The van der Waals surface area contributed by atoms with Crippen LogP contribution in [0.5, 0.6) is 11.6 Å². The van der Waals surface area contributed by atoms with Gasteiger partial charge in [0, 0.05) is 17.3 Å². The van der Waals surface area contributed by atoms with Crippen molar-refractivity contribution in [2.75, 3.05) is 0 Å². The lowest BCUT2D eigenvalue weighted by Crippen LogP contribution is -2.06. The van der Waals surface area contributed by atoms with Crippen molar-refractivity contribution in [1.29, 1.82) is 0 Å². The Morgan fingerprint density at radius 2 is 1.90 bits per heavy atom. The van der Waals surface area contributed by atoms with Crippen molar-refractivity contribution in [2.45, 2.75) is 38.0 Å². The van der Waals surface area contributed by atoms with E-state index in [0.29, 0.717) is 11.8 Å². The maximum absolute atomic E-state index is 6.17. The highest BCUT2D eigenvalue weighted by Crippen LogP contribution is 2.39. The van der Waals surface area contributed by atoms with Gasteiger partial charge in [0.25, 0.3) is 0 Å². The van der Waals surface area contributed by atoms with Crippen molar-refractivity contribution >= 4 is 11.6 Å². The van der Waals surface area contributed by atoms with E-state index in [-0.39, 0.29) is 0 Å². The monoisotopic (exact) mass is 287 g/mol. The molecular formula is C17H18ClNO. The summed E-state index contributed by atoms with van der Waals surface area (Å²) in [5.74, 6) is 2.08. The highest BCUT2D eigenvalue weighted by atomic mass is 35.5. The average Bonchev–Trinajstić information content (AvgIpc) is 2.51. The van der Waals surface area contributed by atoms with E-state index in [2.05, 4.69) is 11.1 Å². The number of benzene rings is 1. The third-order valence-corrected chi connectivity index (χ3v) is 4.10. The van der Waals surface area contributed by atoms with E-state index in [9.17, 15) is 0 Å². The van der Waals surface area contributed by atoms with Crippen molar-refractivity contribution in [3.63, 3.8) is 0 Å². The van der Waals surface area contributed by atoms with Crippen LogP contribution in [0.3, 0.4) is 0 Å². The molecule has 0 unspecified atom stereocenters. The van der Waals surface area contributed by atoms with E-state index in [1.807, 2.05) is 30.3 Å². The van der Waals surface area contributed by atoms with Crippen LogP contribution in [0.25, 0.3) is 0 Å². The van der Waals surface area contributed by atoms with Gasteiger partial charge in [0.2, 0.25) is 5.88 Å². The Bertz CT molecular complexity index is 564. The first kappa shape index (κ1) is 13.4. The Morgan fingerprint density at radius 3 is 2.65 bits per heavy atom. The van der Waals surface area contributed by atoms with Crippen molar-refractivity contribution in [1.82, 2.24) is 4.98 Å². The van der Waals surface area contributed by atoms with Gasteiger partial charge in [0.15, 0.2) is 0 Å². The third kappa shape index (κ3) is 3.13. The molecule has 3 rings (SSSR count). The summed E-state index contributed by atoms with van der Waals surface area (Å²) in [5, 5.41) is 0.777. The summed E-state index contributed by atoms with van der Waals surface area (Å²) >= 11 is 6.17. The summed E-state index contributed by atoms with van der Waals surface area (Å²) in [6.45, 7) is 0. The van der Waals surface area contributed by atoms with Crippen LogP contribution in [-0.4, -0.2) is 4.98 Å². The number of rotatable bonds is 3. The van der Waals surface area contributed by atoms with Gasteiger partial charge in [0.1, 0.15) is 5.75 Å². The zero-order chi connectivity index (χ0) is 13.8. The van der Waals surface area contributed by atoms with Gasteiger partial charge in [-0.2, -0.15) is 0 Å². The molecule has 0 aliphatic heterocycles. The second kappa shape index (κ2) is 6.27. The van der Waals surface area contributed by atoms with Gasteiger partial charge in [0.05, 0.1) is 0 Å². The number of halogens is 1. The molecule has 2 aromatic rings. The molecule has 0 N–H and O–H groups in total. The maximum atomic E-state index is 6.17. The molecule has 0 bridgehead atoms. The second-order valence-corrected chi connectivity index (χ2v) is 5.72. The lowest BCUT2D eigenvalue weighted by Gasteiger charge is -2.24. The Hall–Kier alpha value is -1.54. The second-order valence-electron chi connectivity index (χ2n) is 5.29. The minimum Gasteiger partial charge on any atom is -0.439 e. The number of hydrogen-bond donors (Lipinski definition) is 0. The van der Waals surface area contributed by atoms with Crippen LogP contribution < -0.4 is 4.74 Å². The lowest BCUT2D eigenvalue weighted by molar-refractivity contribution is 0.413. The Balaban J connectivity index is 1.89. The van der Waals surface area contributed by atoms with Crippen LogP contribution in [0, 0.1) is 0 Å². The molecular weight excluding hydrogens is 270 g/mol. The fraction of sp³-hybridized carbons (Fsp3) is 0.353. The molecule has 104 valence electrons. The minimum atomic E-state index is 0.557. The van der Waals surface area contributed by atoms with Crippen molar-refractivity contribution in [3.8, 4) is 11.6 Å². The first-order valence-corrected chi connectivity index (χ1v) is 7.59. The van der Waals surface area contributed by atoms with Gasteiger partial charge in [-0.25, -0.2) is 4.98 Å². The van der Waals surface area contributed by atoms with E-state index in [4.69, 9.17) is 16.3 Å². The maximum Gasteiger partial charge on any atom is 0.219 e. The first-order valence-electron chi connectivity index (χ1n) is 7.21. The number of pyridine rings is 1.